The monoisotopic (exact) mass is 408 g/mol. The summed E-state index contributed by atoms with van der Waals surface area (Å²) >= 11 is 4.58. The number of aromatic nitrogens is 2. The molecule has 1 atom stereocenters. The van der Waals surface area contributed by atoms with E-state index in [9.17, 15) is 9.59 Å². The molecule has 0 bridgehead atoms. The van der Waals surface area contributed by atoms with Gasteiger partial charge in [-0.25, -0.2) is 0 Å². The molecule has 0 saturated heterocycles. The van der Waals surface area contributed by atoms with Gasteiger partial charge in [0.1, 0.15) is 6.54 Å². The van der Waals surface area contributed by atoms with Crippen molar-refractivity contribution in [3.05, 3.63) is 24.3 Å². The normalized spacial score (nSPS) is 14.9. The van der Waals surface area contributed by atoms with Crippen LogP contribution in [0.5, 0.6) is 0 Å². The van der Waals surface area contributed by atoms with Crippen molar-refractivity contribution >= 4 is 58.0 Å². The van der Waals surface area contributed by atoms with E-state index in [1.54, 1.807) is 22.7 Å². The van der Waals surface area contributed by atoms with Crippen LogP contribution in [0.25, 0.3) is 0 Å². The molecule has 2 aromatic rings. The van der Waals surface area contributed by atoms with Crippen LogP contribution in [-0.2, 0) is 9.59 Å². The molecule has 0 radical (unpaired) electrons. The van der Waals surface area contributed by atoms with Gasteiger partial charge >= 0.3 is 0 Å². The second kappa shape index (κ2) is 8.41. The van der Waals surface area contributed by atoms with Crippen LogP contribution >= 0.6 is 34.9 Å². The summed E-state index contributed by atoms with van der Waals surface area (Å²) in [5.41, 5.74) is 1.40. The largest absolute Gasteiger partial charge is 0.323 e. The molecule has 0 unspecified atom stereocenters. The topological polar surface area (TPSA) is 75.2 Å². The van der Waals surface area contributed by atoms with Gasteiger partial charge in [0.25, 0.3) is 0 Å². The van der Waals surface area contributed by atoms with Gasteiger partial charge in [0.2, 0.25) is 11.8 Å². The lowest BCUT2D eigenvalue weighted by atomic mass is 10.2. The van der Waals surface area contributed by atoms with E-state index in [2.05, 4.69) is 29.4 Å². The number of amides is 2. The second-order valence-electron chi connectivity index (χ2n) is 6.29. The number of anilines is 2. The molecule has 1 N–H and O–H groups in total. The van der Waals surface area contributed by atoms with Gasteiger partial charge in [0, 0.05) is 5.75 Å². The fraction of sp³-hybridized carbons (Fsp3) is 0.412. The number of rotatable bonds is 6. The van der Waals surface area contributed by atoms with E-state index in [0.29, 0.717) is 11.6 Å². The van der Waals surface area contributed by atoms with Crippen LogP contribution in [0.3, 0.4) is 0 Å². The van der Waals surface area contributed by atoms with Crippen LogP contribution in [-0.4, -0.2) is 39.6 Å². The Labute approximate surface area is 165 Å². The number of nitrogens with one attached hydrogen (secondary N) is 1. The molecule has 2 heterocycles. The molecule has 9 heteroatoms. The first-order valence-corrected chi connectivity index (χ1v) is 11.0. The van der Waals surface area contributed by atoms with Crippen molar-refractivity contribution in [2.45, 2.75) is 34.7 Å². The first kappa shape index (κ1) is 19.2. The van der Waals surface area contributed by atoms with Gasteiger partial charge in [-0.3, -0.25) is 14.5 Å². The number of hydrogen-bond acceptors (Lipinski definition) is 7. The van der Waals surface area contributed by atoms with Crippen LogP contribution in [0.4, 0.5) is 11.4 Å². The third kappa shape index (κ3) is 4.57. The third-order valence-corrected chi connectivity index (χ3v) is 7.25. The van der Waals surface area contributed by atoms with Crippen molar-refractivity contribution in [3.63, 3.8) is 0 Å². The number of hydrogen-bond donors (Lipinski definition) is 1. The SMILES string of the molecule is CC(C)CSc1nnc(S[C@@H](C)C(=O)N2CC(=O)Nc3ccccc32)s1. The summed E-state index contributed by atoms with van der Waals surface area (Å²) in [6.45, 7) is 6.20. The Bertz CT molecular complexity index is 809. The summed E-state index contributed by atoms with van der Waals surface area (Å²) in [5, 5.41) is 10.8. The molecule has 0 aliphatic carbocycles. The predicted molar refractivity (Wildman–Crippen MR) is 108 cm³/mol. The molecule has 0 spiro atoms. The molecule has 2 amide bonds. The van der Waals surface area contributed by atoms with Crippen molar-refractivity contribution in [2.75, 3.05) is 22.5 Å². The Morgan fingerprint density at radius 1 is 1.27 bits per heavy atom. The number of thioether (sulfide) groups is 2. The van der Waals surface area contributed by atoms with Crippen LogP contribution < -0.4 is 10.2 Å². The van der Waals surface area contributed by atoms with E-state index in [-0.39, 0.29) is 23.6 Å². The Kier molecular flexibility index (Phi) is 6.20. The van der Waals surface area contributed by atoms with Gasteiger partial charge in [0.05, 0.1) is 16.6 Å². The van der Waals surface area contributed by atoms with E-state index >= 15 is 0 Å². The van der Waals surface area contributed by atoms with Gasteiger partial charge in [0.15, 0.2) is 8.68 Å². The van der Waals surface area contributed by atoms with E-state index in [1.165, 1.54) is 23.1 Å². The fourth-order valence-electron chi connectivity index (χ4n) is 2.39. The zero-order chi connectivity index (χ0) is 18.7. The van der Waals surface area contributed by atoms with Crippen LogP contribution in [0.2, 0.25) is 0 Å². The molecular weight excluding hydrogens is 388 g/mol. The van der Waals surface area contributed by atoms with Crippen molar-refractivity contribution in [2.24, 2.45) is 5.92 Å². The van der Waals surface area contributed by atoms with E-state index in [4.69, 9.17) is 0 Å². The average molecular weight is 409 g/mol. The molecule has 1 aromatic heterocycles. The molecule has 1 aliphatic heterocycles. The minimum absolute atomic E-state index is 0.0341. The summed E-state index contributed by atoms with van der Waals surface area (Å²) in [6.07, 6.45) is 0. The van der Waals surface area contributed by atoms with Gasteiger partial charge in [-0.1, -0.05) is 60.8 Å². The average Bonchev–Trinajstić information content (AvgIpc) is 3.06. The molecular formula is C17H20N4O2S3. The molecule has 1 aromatic carbocycles. The van der Waals surface area contributed by atoms with Gasteiger partial charge in [-0.2, -0.15) is 0 Å². The standard InChI is InChI=1S/C17H20N4O2S3/c1-10(2)9-24-16-19-20-17(26-16)25-11(3)15(23)21-8-14(22)18-12-6-4-5-7-13(12)21/h4-7,10-11H,8-9H2,1-3H3,(H,18,22)/t11-/m0/s1. The lowest BCUT2D eigenvalue weighted by molar-refractivity contribution is -0.121. The minimum Gasteiger partial charge on any atom is -0.323 e. The maximum Gasteiger partial charge on any atom is 0.244 e. The molecule has 1 aliphatic rings. The fourth-order valence-corrected chi connectivity index (χ4v) is 5.59. The number of fused-ring (bicyclic) bond motifs is 1. The zero-order valence-corrected chi connectivity index (χ0v) is 17.2. The Hall–Kier alpha value is -1.58. The highest BCUT2D eigenvalue weighted by Gasteiger charge is 2.30. The van der Waals surface area contributed by atoms with Crippen molar-refractivity contribution in [1.29, 1.82) is 0 Å². The smallest absolute Gasteiger partial charge is 0.244 e. The minimum atomic E-state index is -0.357. The summed E-state index contributed by atoms with van der Waals surface area (Å²) in [6, 6.07) is 7.34. The molecule has 6 nitrogen and oxygen atoms in total. The summed E-state index contributed by atoms with van der Waals surface area (Å²) < 4.78 is 1.69. The van der Waals surface area contributed by atoms with Crippen LogP contribution in [0.1, 0.15) is 20.8 Å². The molecule has 0 fully saturated rings. The summed E-state index contributed by atoms with van der Waals surface area (Å²) in [5.74, 6) is 1.29. The van der Waals surface area contributed by atoms with Crippen LogP contribution in [0, 0.1) is 5.92 Å². The van der Waals surface area contributed by atoms with Crippen molar-refractivity contribution in [3.8, 4) is 0 Å². The summed E-state index contributed by atoms with van der Waals surface area (Å²) in [7, 11) is 0. The lowest BCUT2D eigenvalue weighted by Gasteiger charge is -2.30. The maximum atomic E-state index is 12.9. The lowest BCUT2D eigenvalue weighted by Crippen LogP contribution is -2.45. The van der Waals surface area contributed by atoms with E-state index in [1.807, 2.05) is 25.1 Å². The Balaban J connectivity index is 1.68. The first-order chi connectivity index (χ1) is 12.4. The first-order valence-electron chi connectivity index (χ1n) is 8.27. The second-order valence-corrected chi connectivity index (χ2v) is 10.1. The summed E-state index contributed by atoms with van der Waals surface area (Å²) in [4.78, 5) is 26.4. The number of carbonyl (C=O) groups excluding carboxylic acids is 2. The number of carbonyl (C=O) groups is 2. The molecule has 26 heavy (non-hydrogen) atoms. The maximum absolute atomic E-state index is 12.9. The third-order valence-electron chi connectivity index (χ3n) is 3.59. The number of para-hydroxylation sites is 2. The number of nitrogens with zero attached hydrogens (tertiary/aromatic N) is 3. The van der Waals surface area contributed by atoms with E-state index < -0.39 is 0 Å². The highest BCUT2D eigenvalue weighted by Crippen LogP contribution is 2.35. The molecule has 138 valence electrons. The van der Waals surface area contributed by atoms with Gasteiger partial charge in [-0.05, 0) is 25.0 Å². The van der Waals surface area contributed by atoms with Crippen molar-refractivity contribution < 1.29 is 9.59 Å². The molecule has 3 rings (SSSR count). The Morgan fingerprint density at radius 2 is 2.00 bits per heavy atom. The molecule has 0 saturated carbocycles. The predicted octanol–water partition coefficient (Wildman–Crippen LogP) is 3.75. The van der Waals surface area contributed by atoms with Gasteiger partial charge < -0.3 is 5.32 Å². The van der Waals surface area contributed by atoms with Crippen LogP contribution in [0.15, 0.2) is 32.9 Å². The Morgan fingerprint density at radius 3 is 2.77 bits per heavy atom. The van der Waals surface area contributed by atoms with Crippen molar-refractivity contribution in [1.82, 2.24) is 10.2 Å². The number of benzene rings is 1. The van der Waals surface area contributed by atoms with Gasteiger partial charge in [-0.15, -0.1) is 10.2 Å². The highest BCUT2D eigenvalue weighted by molar-refractivity contribution is 8.03. The van der Waals surface area contributed by atoms with E-state index in [0.717, 1.165) is 20.1 Å². The highest BCUT2D eigenvalue weighted by atomic mass is 32.2. The zero-order valence-electron chi connectivity index (χ0n) is 14.8. The quantitative estimate of drug-likeness (QED) is 0.734.